The highest BCUT2D eigenvalue weighted by atomic mass is 16.3. The van der Waals surface area contributed by atoms with Crippen LogP contribution in [-0.4, -0.2) is 33.6 Å². The highest BCUT2D eigenvalue weighted by Gasteiger charge is 2.11. The maximum Gasteiger partial charge on any atom is 0.325 e. The first kappa shape index (κ1) is 13.6. The Hall–Kier alpha value is -2.42. The Balaban J connectivity index is 0.000000184. The molecule has 1 aromatic rings. The van der Waals surface area contributed by atoms with E-state index in [1.165, 1.54) is 6.20 Å². The lowest BCUT2D eigenvalue weighted by Crippen LogP contribution is -2.46. The smallest absolute Gasteiger partial charge is 0.325 e. The van der Waals surface area contributed by atoms with Crippen molar-refractivity contribution in [2.45, 2.75) is 13.0 Å². The number of rotatable bonds is 1. The number of hydrogen-bond donors (Lipinski definition) is 5. The lowest BCUT2D eigenvalue weighted by atomic mass is 10.3. The Labute approximate surface area is 100 Å². The summed E-state index contributed by atoms with van der Waals surface area (Å²) < 4.78 is 0. The molecular weight excluding hydrogens is 244 g/mol. The van der Waals surface area contributed by atoms with Crippen LogP contribution in [-0.2, 0) is 11.4 Å². The molecule has 1 fully saturated rings. The van der Waals surface area contributed by atoms with Crippen LogP contribution in [0.25, 0.3) is 0 Å². The summed E-state index contributed by atoms with van der Waals surface area (Å²) in [4.78, 5) is 45.7. The summed E-state index contributed by atoms with van der Waals surface area (Å²) in [6.45, 7) is 0.0940. The van der Waals surface area contributed by atoms with Crippen LogP contribution in [0.4, 0.5) is 4.79 Å². The van der Waals surface area contributed by atoms with E-state index in [0.717, 1.165) is 0 Å². The molecule has 2 heterocycles. The van der Waals surface area contributed by atoms with Gasteiger partial charge in [0.1, 0.15) is 0 Å². The van der Waals surface area contributed by atoms with Gasteiger partial charge in [0.2, 0.25) is 5.91 Å². The molecule has 98 valence electrons. The number of carbonyl (C=O) groups excluding carboxylic acids is 2. The van der Waals surface area contributed by atoms with Crippen molar-refractivity contribution in [3.8, 4) is 0 Å². The van der Waals surface area contributed by atoms with Crippen LogP contribution in [0, 0.1) is 0 Å². The van der Waals surface area contributed by atoms with Crippen molar-refractivity contribution < 1.29 is 14.7 Å². The molecule has 0 saturated carbocycles. The lowest BCUT2D eigenvalue weighted by molar-refractivity contribution is -0.120. The van der Waals surface area contributed by atoms with Crippen LogP contribution >= 0.6 is 0 Å². The van der Waals surface area contributed by atoms with Crippen LogP contribution in [0.15, 0.2) is 15.8 Å². The van der Waals surface area contributed by atoms with Gasteiger partial charge in [0.25, 0.3) is 5.56 Å². The van der Waals surface area contributed by atoms with Gasteiger partial charge in [0, 0.05) is 19.2 Å². The summed E-state index contributed by atoms with van der Waals surface area (Å²) in [7, 11) is 0. The molecule has 0 bridgehead atoms. The second-order valence-electron chi connectivity index (χ2n) is 3.31. The first-order valence-electron chi connectivity index (χ1n) is 5.02. The second kappa shape index (κ2) is 6.35. The molecule has 18 heavy (non-hydrogen) atoms. The van der Waals surface area contributed by atoms with Crippen molar-refractivity contribution in [3.05, 3.63) is 32.6 Å². The zero-order valence-corrected chi connectivity index (χ0v) is 9.28. The van der Waals surface area contributed by atoms with E-state index in [2.05, 4.69) is 15.6 Å². The maximum absolute atomic E-state index is 10.6. The number of H-pyrrole nitrogens is 2. The van der Waals surface area contributed by atoms with Crippen LogP contribution in [0.2, 0.25) is 0 Å². The minimum Gasteiger partial charge on any atom is -0.391 e. The monoisotopic (exact) mass is 256 g/mol. The number of aromatic nitrogens is 2. The standard InChI is InChI=1S/C5H6N2O3.C4H6N2O2/c8-2-3-1-6-5(10)7-4(3)9;7-3-1-2-5-4(8)6-3/h1,8H,2H2,(H2,6,7,9,10);1-2H2,(H2,5,6,7,8). The second-order valence-corrected chi connectivity index (χ2v) is 3.31. The number of nitrogens with one attached hydrogen (secondary N) is 4. The predicted octanol–water partition coefficient (Wildman–Crippen LogP) is -2.23. The highest BCUT2D eigenvalue weighted by molar-refractivity contribution is 5.96. The maximum atomic E-state index is 10.6. The third kappa shape index (κ3) is 4.22. The Morgan fingerprint density at radius 1 is 1.22 bits per heavy atom. The molecule has 1 aromatic heterocycles. The van der Waals surface area contributed by atoms with Gasteiger partial charge < -0.3 is 15.4 Å². The lowest BCUT2D eigenvalue weighted by Gasteiger charge is -2.10. The molecule has 0 radical (unpaired) electrons. The van der Waals surface area contributed by atoms with Gasteiger partial charge in [0.05, 0.1) is 12.2 Å². The zero-order chi connectivity index (χ0) is 13.5. The van der Waals surface area contributed by atoms with E-state index in [0.29, 0.717) is 13.0 Å². The molecule has 1 aliphatic rings. The number of urea groups is 1. The molecule has 0 atom stereocenters. The van der Waals surface area contributed by atoms with Crippen LogP contribution in [0.3, 0.4) is 0 Å². The molecule has 0 aliphatic carbocycles. The van der Waals surface area contributed by atoms with Crippen molar-refractivity contribution >= 4 is 11.9 Å². The SMILES string of the molecule is O=C1CCNC(=O)N1.O=c1[nH]cc(CO)c(=O)[nH]1. The molecule has 0 spiro atoms. The van der Waals surface area contributed by atoms with Crippen LogP contribution in [0.1, 0.15) is 12.0 Å². The average Bonchev–Trinajstić information content (AvgIpc) is 2.29. The number of imide groups is 1. The van der Waals surface area contributed by atoms with Crippen molar-refractivity contribution in [1.29, 1.82) is 0 Å². The van der Waals surface area contributed by atoms with Gasteiger partial charge >= 0.3 is 11.7 Å². The largest absolute Gasteiger partial charge is 0.391 e. The minimum absolute atomic E-state index is 0.152. The van der Waals surface area contributed by atoms with E-state index >= 15 is 0 Å². The third-order valence-corrected chi connectivity index (χ3v) is 1.96. The summed E-state index contributed by atoms with van der Waals surface area (Å²) in [6.07, 6.45) is 1.58. The summed E-state index contributed by atoms with van der Waals surface area (Å²) in [5, 5.41) is 13.0. The van der Waals surface area contributed by atoms with E-state index in [1.54, 1.807) is 0 Å². The number of aliphatic hydroxyl groups is 1. The van der Waals surface area contributed by atoms with Gasteiger partial charge in [-0.15, -0.1) is 0 Å². The van der Waals surface area contributed by atoms with E-state index in [-0.39, 0.29) is 24.1 Å². The molecule has 2 rings (SSSR count). The van der Waals surface area contributed by atoms with Gasteiger partial charge in [-0.1, -0.05) is 0 Å². The fourth-order valence-electron chi connectivity index (χ4n) is 1.08. The molecule has 3 amide bonds. The van der Waals surface area contributed by atoms with Crippen molar-refractivity contribution in [2.75, 3.05) is 6.54 Å². The first-order valence-corrected chi connectivity index (χ1v) is 5.02. The first-order chi connectivity index (χ1) is 8.52. The normalized spacial score (nSPS) is 14.1. The number of aliphatic hydroxyl groups excluding tert-OH is 1. The topological polar surface area (TPSA) is 144 Å². The van der Waals surface area contributed by atoms with Gasteiger partial charge in [-0.05, 0) is 0 Å². The summed E-state index contributed by atoms with van der Waals surface area (Å²) in [5.41, 5.74) is -0.965. The van der Waals surface area contributed by atoms with Crippen molar-refractivity contribution in [3.63, 3.8) is 0 Å². The Kier molecular flexibility index (Phi) is 4.81. The summed E-state index contributed by atoms with van der Waals surface area (Å²) >= 11 is 0. The summed E-state index contributed by atoms with van der Waals surface area (Å²) in [5.74, 6) is -0.200. The van der Waals surface area contributed by atoms with Gasteiger partial charge in [-0.2, -0.15) is 0 Å². The molecule has 1 saturated heterocycles. The number of hydrogen-bond acceptors (Lipinski definition) is 5. The fraction of sp³-hybridized carbons (Fsp3) is 0.333. The molecule has 0 aromatic carbocycles. The van der Waals surface area contributed by atoms with Crippen LogP contribution in [0.5, 0.6) is 0 Å². The molecule has 9 heteroatoms. The molecule has 9 nitrogen and oxygen atoms in total. The van der Waals surface area contributed by atoms with Crippen molar-refractivity contribution in [2.24, 2.45) is 0 Å². The van der Waals surface area contributed by atoms with E-state index < -0.39 is 11.2 Å². The molecule has 1 aliphatic heterocycles. The Morgan fingerprint density at radius 3 is 2.39 bits per heavy atom. The zero-order valence-electron chi connectivity index (χ0n) is 9.28. The van der Waals surface area contributed by atoms with Crippen molar-refractivity contribution in [1.82, 2.24) is 20.6 Å². The highest BCUT2D eigenvalue weighted by Crippen LogP contribution is 1.82. The average molecular weight is 256 g/mol. The van der Waals surface area contributed by atoms with E-state index in [9.17, 15) is 19.2 Å². The third-order valence-electron chi connectivity index (χ3n) is 1.96. The molecule has 0 unspecified atom stereocenters. The predicted molar refractivity (Wildman–Crippen MR) is 59.8 cm³/mol. The Morgan fingerprint density at radius 2 is 1.94 bits per heavy atom. The van der Waals surface area contributed by atoms with Gasteiger partial charge in [-0.25, -0.2) is 9.59 Å². The fourth-order valence-corrected chi connectivity index (χ4v) is 1.08. The molecule has 5 N–H and O–H groups in total. The molecular formula is C9H12N4O5. The van der Waals surface area contributed by atoms with Gasteiger partial charge in [0.15, 0.2) is 0 Å². The number of amides is 3. The Bertz CT molecular complexity index is 532. The number of aromatic amines is 2. The van der Waals surface area contributed by atoms with Gasteiger partial charge in [-0.3, -0.25) is 19.9 Å². The number of carbonyl (C=O) groups is 2. The van der Waals surface area contributed by atoms with E-state index in [4.69, 9.17) is 5.11 Å². The van der Waals surface area contributed by atoms with E-state index in [1.807, 2.05) is 4.98 Å². The quantitative estimate of drug-likeness (QED) is 0.386. The minimum atomic E-state index is -0.567. The van der Waals surface area contributed by atoms with Crippen LogP contribution < -0.4 is 21.9 Å². The summed E-state index contributed by atoms with van der Waals surface area (Å²) in [6, 6.07) is -0.388.